The van der Waals surface area contributed by atoms with Gasteiger partial charge >= 0.3 is 12.1 Å². The van der Waals surface area contributed by atoms with Crippen LogP contribution in [-0.2, 0) is 22.1 Å². The van der Waals surface area contributed by atoms with Crippen LogP contribution in [0.5, 0.6) is 0 Å². The van der Waals surface area contributed by atoms with E-state index in [4.69, 9.17) is 4.74 Å². The summed E-state index contributed by atoms with van der Waals surface area (Å²) in [5, 5.41) is 4.25. The zero-order chi connectivity index (χ0) is 23.4. The Bertz CT molecular complexity index is 1240. The van der Waals surface area contributed by atoms with Crippen molar-refractivity contribution in [2.24, 2.45) is 0 Å². The normalized spacial score (nSPS) is 13.6. The second-order valence-corrected chi connectivity index (χ2v) is 7.78. The Kier molecular flexibility index (Phi) is 6.51. The van der Waals surface area contributed by atoms with E-state index in [-0.39, 0.29) is 11.6 Å². The van der Waals surface area contributed by atoms with Crippen molar-refractivity contribution in [2.45, 2.75) is 24.7 Å². The molecule has 0 saturated heterocycles. The van der Waals surface area contributed by atoms with Crippen molar-refractivity contribution in [2.75, 3.05) is 7.11 Å². The number of fused-ring (bicyclic) bond motifs is 1. The molecule has 0 bridgehead atoms. The Morgan fingerprint density at radius 3 is 2.45 bits per heavy atom. The average Bonchev–Trinajstić information content (AvgIpc) is 3.25. The maximum Gasteiger partial charge on any atom is 0.416 e. The Hall–Kier alpha value is -3.58. The highest BCUT2D eigenvalue weighted by Crippen LogP contribution is 2.33. The van der Waals surface area contributed by atoms with E-state index >= 15 is 0 Å². The number of methoxy groups -OCH3 is 1. The maximum absolute atomic E-state index is 13.3. The summed E-state index contributed by atoms with van der Waals surface area (Å²) in [6.07, 6.45) is -2.13. The zero-order valence-electron chi connectivity index (χ0n) is 17.9. The molecule has 2 unspecified atom stereocenters. The lowest BCUT2D eigenvalue weighted by molar-refractivity contribution is -0.144. The molecule has 170 valence electrons. The van der Waals surface area contributed by atoms with Gasteiger partial charge in [0, 0.05) is 23.1 Å². The molecular weight excluding hydrogens is 429 g/mol. The first-order chi connectivity index (χ1) is 15.9. The van der Waals surface area contributed by atoms with Gasteiger partial charge in [-0.2, -0.15) is 13.2 Å². The zero-order valence-corrected chi connectivity index (χ0v) is 17.9. The van der Waals surface area contributed by atoms with Crippen LogP contribution >= 0.6 is 0 Å². The molecule has 3 aromatic carbocycles. The molecule has 0 aliphatic rings. The molecule has 0 fully saturated rings. The number of aromatic amines is 1. The number of hydrogen-bond acceptors (Lipinski definition) is 3. The molecule has 0 spiro atoms. The number of alkyl halides is 3. The summed E-state index contributed by atoms with van der Waals surface area (Å²) >= 11 is 0. The standard InChI is InChI=1S/C26H23F3N2O2/c1-33-25(32)24(18-10-7-11-19(15-18)26(27,28)29)31-23(14-17-8-3-2-4-9-17)21-16-30-22-13-6-5-12-20(21)22/h2-13,15-16,23-24,30-31H,14H2,1H3. The molecule has 0 amide bonds. The number of para-hydroxylation sites is 1. The van der Waals surface area contributed by atoms with Gasteiger partial charge in [-0.1, -0.05) is 60.7 Å². The number of carbonyl (C=O) groups excluding carboxylic acids is 1. The quantitative estimate of drug-likeness (QED) is 0.340. The monoisotopic (exact) mass is 452 g/mol. The van der Waals surface area contributed by atoms with Gasteiger partial charge < -0.3 is 9.72 Å². The molecule has 4 rings (SSSR count). The first kappa shape index (κ1) is 22.6. The molecule has 7 heteroatoms. The summed E-state index contributed by atoms with van der Waals surface area (Å²) in [5.41, 5.74) is 2.24. The molecule has 2 atom stereocenters. The largest absolute Gasteiger partial charge is 0.468 e. The predicted molar refractivity (Wildman–Crippen MR) is 121 cm³/mol. The van der Waals surface area contributed by atoms with Gasteiger partial charge in [0.25, 0.3) is 0 Å². The number of hydrogen-bond donors (Lipinski definition) is 2. The second kappa shape index (κ2) is 9.50. The van der Waals surface area contributed by atoms with E-state index in [0.29, 0.717) is 6.42 Å². The minimum atomic E-state index is -4.52. The van der Waals surface area contributed by atoms with E-state index in [2.05, 4.69) is 10.3 Å². The third-order valence-electron chi connectivity index (χ3n) is 5.63. The molecule has 2 N–H and O–H groups in total. The number of benzene rings is 3. The molecule has 0 aliphatic carbocycles. The van der Waals surface area contributed by atoms with E-state index in [1.807, 2.05) is 60.8 Å². The van der Waals surface area contributed by atoms with Gasteiger partial charge in [0.05, 0.1) is 12.7 Å². The number of halogens is 3. The summed E-state index contributed by atoms with van der Waals surface area (Å²) in [5.74, 6) is -0.660. The minimum absolute atomic E-state index is 0.189. The molecule has 0 aliphatic heterocycles. The van der Waals surface area contributed by atoms with Crippen molar-refractivity contribution >= 4 is 16.9 Å². The Morgan fingerprint density at radius 1 is 1.00 bits per heavy atom. The van der Waals surface area contributed by atoms with Gasteiger partial charge in [-0.05, 0) is 41.3 Å². The van der Waals surface area contributed by atoms with Gasteiger partial charge in [0.1, 0.15) is 6.04 Å². The molecule has 33 heavy (non-hydrogen) atoms. The topological polar surface area (TPSA) is 54.1 Å². The maximum atomic E-state index is 13.3. The highest BCUT2D eigenvalue weighted by Gasteiger charge is 2.33. The van der Waals surface area contributed by atoms with Crippen LogP contribution in [0, 0.1) is 0 Å². The SMILES string of the molecule is COC(=O)C(NC(Cc1ccccc1)c1c[nH]c2ccccc12)c1cccc(C(F)(F)F)c1. The highest BCUT2D eigenvalue weighted by molar-refractivity contribution is 5.84. The van der Waals surface area contributed by atoms with Crippen molar-refractivity contribution in [3.8, 4) is 0 Å². The van der Waals surface area contributed by atoms with Gasteiger partial charge in [0.15, 0.2) is 0 Å². The number of esters is 1. The predicted octanol–water partition coefficient (Wildman–Crippen LogP) is 5.97. The van der Waals surface area contributed by atoms with Crippen LogP contribution < -0.4 is 5.32 Å². The van der Waals surface area contributed by atoms with Crippen molar-refractivity contribution in [1.29, 1.82) is 0 Å². The molecule has 0 radical (unpaired) electrons. The fraction of sp³-hybridized carbons (Fsp3) is 0.192. The summed E-state index contributed by atoms with van der Waals surface area (Å²) in [7, 11) is 1.22. The molecule has 4 aromatic rings. The Balaban J connectivity index is 1.76. The van der Waals surface area contributed by atoms with Crippen LogP contribution in [0.2, 0.25) is 0 Å². The molecule has 0 saturated carbocycles. The van der Waals surface area contributed by atoms with Crippen LogP contribution in [0.1, 0.15) is 34.3 Å². The Morgan fingerprint density at radius 2 is 1.73 bits per heavy atom. The van der Waals surface area contributed by atoms with Crippen LogP contribution in [-0.4, -0.2) is 18.1 Å². The smallest absolute Gasteiger partial charge is 0.416 e. The van der Waals surface area contributed by atoms with Crippen molar-refractivity contribution < 1.29 is 22.7 Å². The van der Waals surface area contributed by atoms with E-state index in [1.165, 1.54) is 19.2 Å². The van der Waals surface area contributed by atoms with E-state index in [0.717, 1.165) is 34.2 Å². The third-order valence-corrected chi connectivity index (χ3v) is 5.63. The van der Waals surface area contributed by atoms with Crippen molar-refractivity contribution in [3.63, 3.8) is 0 Å². The number of carbonyl (C=O) groups is 1. The summed E-state index contributed by atoms with van der Waals surface area (Å²) < 4.78 is 44.9. The van der Waals surface area contributed by atoms with Crippen LogP contribution in [0.4, 0.5) is 13.2 Å². The first-order valence-electron chi connectivity index (χ1n) is 10.5. The van der Waals surface area contributed by atoms with E-state index in [9.17, 15) is 18.0 Å². The second-order valence-electron chi connectivity index (χ2n) is 7.78. The molecule has 1 heterocycles. The molecular formula is C26H23F3N2O2. The fourth-order valence-corrected chi connectivity index (χ4v) is 4.00. The van der Waals surface area contributed by atoms with E-state index in [1.54, 1.807) is 0 Å². The lowest BCUT2D eigenvalue weighted by atomic mass is 9.95. The number of ether oxygens (including phenoxy) is 1. The van der Waals surface area contributed by atoms with E-state index < -0.39 is 23.8 Å². The first-order valence-corrected chi connectivity index (χ1v) is 10.5. The van der Waals surface area contributed by atoms with Crippen molar-refractivity contribution in [3.05, 3.63) is 107 Å². The van der Waals surface area contributed by atoms with Gasteiger partial charge in [-0.3, -0.25) is 5.32 Å². The number of nitrogens with one attached hydrogen (secondary N) is 2. The molecule has 1 aromatic heterocycles. The van der Waals surface area contributed by atoms with Crippen LogP contribution in [0.3, 0.4) is 0 Å². The number of H-pyrrole nitrogens is 1. The van der Waals surface area contributed by atoms with Gasteiger partial charge in [-0.15, -0.1) is 0 Å². The third kappa shape index (κ3) is 5.09. The lowest BCUT2D eigenvalue weighted by Crippen LogP contribution is -2.34. The van der Waals surface area contributed by atoms with Crippen molar-refractivity contribution in [1.82, 2.24) is 10.3 Å². The average molecular weight is 452 g/mol. The lowest BCUT2D eigenvalue weighted by Gasteiger charge is -2.25. The highest BCUT2D eigenvalue weighted by atomic mass is 19.4. The van der Waals surface area contributed by atoms with Crippen LogP contribution in [0.25, 0.3) is 10.9 Å². The summed E-state index contributed by atoms with van der Waals surface area (Å²) in [4.78, 5) is 16.0. The minimum Gasteiger partial charge on any atom is -0.468 e. The van der Waals surface area contributed by atoms with Crippen LogP contribution in [0.15, 0.2) is 85.1 Å². The Labute approximate surface area is 189 Å². The van der Waals surface area contributed by atoms with Gasteiger partial charge in [0.2, 0.25) is 0 Å². The number of rotatable bonds is 7. The fourth-order valence-electron chi connectivity index (χ4n) is 4.00. The van der Waals surface area contributed by atoms with Gasteiger partial charge in [-0.25, -0.2) is 4.79 Å². The summed E-state index contributed by atoms with van der Waals surface area (Å²) in [6.45, 7) is 0. The molecule has 4 nitrogen and oxygen atoms in total. The summed E-state index contributed by atoms with van der Waals surface area (Å²) in [6, 6.07) is 20.8. The number of aromatic nitrogens is 1.